The summed E-state index contributed by atoms with van der Waals surface area (Å²) in [6.07, 6.45) is 1.72. The summed E-state index contributed by atoms with van der Waals surface area (Å²) < 4.78 is 0. The van der Waals surface area contributed by atoms with Crippen molar-refractivity contribution < 1.29 is 9.72 Å². The van der Waals surface area contributed by atoms with E-state index in [1.807, 2.05) is 6.07 Å². The van der Waals surface area contributed by atoms with E-state index < -0.39 is 4.92 Å². The van der Waals surface area contributed by atoms with Gasteiger partial charge in [-0.15, -0.1) is 0 Å². The Hall–Kier alpha value is -2.49. The van der Waals surface area contributed by atoms with Gasteiger partial charge >= 0.3 is 0 Å². The van der Waals surface area contributed by atoms with E-state index >= 15 is 0 Å². The van der Waals surface area contributed by atoms with Crippen LogP contribution in [0.15, 0.2) is 54.6 Å². The number of benzene rings is 2. The number of hydrogen-bond acceptors (Lipinski definition) is 3. The van der Waals surface area contributed by atoms with Gasteiger partial charge in [-0.3, -0.25) is 14.9 Å². The summed E-state index contributed by atoms with van der Waals surface area (Å²) in [4.78, 5) is 22.3. The first-order valence-corrected chi connectivity index (χ1v) is 5.83. The van der Waals surface area contributed by atoms with Gasteiger partial charge in [0, 0.05) is 23.6 Å². The average Bonchev–Trinajstić information content (AvgIpc) is 2.46. The highest BCUT2D eigenvalue weighted by Crippen LogP contribution is 2.19. The predicted molar refractivity (Wildman–Crippen MR) is 71.9 cm³/mol. The highest BCUT2D eigenvalue weighted by Gasteiger charge is 2.14. The van der Waals surface area contributed by atoms with Crippen LogP contribution in [-0.4, -0.2) is 10.7 Å². The topological polar surface area (TPSA) is 60.2 Å². The van der Waals surface area contributed by atoms with Crippen LogP contribution in [0.2, 0.25) is 0 Å². The maximum absolute atomic E-state index is 11.9. The lowest BCUT2D eigenvalue weighted by molar-refractivity contribution is -0.385. The first-order chi connectivity index (χ1) is 9.18. The van der Waals surface area contributed by atoms with Crippen molar-refractivity contribution in [1.29, 1.82) is 0 Å². The van der Waals surface area contributed by atoms with Gasteiger partial charge in [-0.2, -0.15) is 0 Å². The van der Waals surface area contributed by atoms with Gasteiger partial charge in [0.25, 0.3) is 5.69 Å². The Labute approximate surface area is 110 Å². The average molecular weight is 254 g/mol. The molecule has 0 aliphatic rings. The maximum atomic E-state index is 11.9. The van der Waals surface area contributed by atoms with Crippen LogP contribution >= 0.6 is 0 Å². The van der Waals surface area contributed by atoms with Crippen molar-refractivity contribution in [2.45, 2.75) is 6.42 Å². The molecule has 0 unspecified atom stereocenters. The van der Waals surface area contributed by atoms with E-state index in [1.165, 1.54) is 12.5 Å². The Morgan fingerprint density at radius 3 is 2.37 bits per heavy atom. The van der Waals surface area contributed by atoms with Gasteiger partial charge in [0.1, 0.15) is 0 Å². The van der Waals surface area contributed by atoms with Crippen molar-refractivity contribution in [2.24, 2.45) is 0 Å². The molecule has 0 bridgehead atoms. The number of hydrogen-bond donors (Lipinski definition) is 0. The molecule has 19 heavy (non-hydrogen) atoms. The van der Waals surface area contributed by atoms with Gasteiger partial charge < -0.3 is 0 Å². The number of ketones is 1. The number of nitrogens with zero attached hydrogens (tertiary/aromatic N) is 1. The van der Waals surface area contributed by atoms with Crippen molar-refractivity contribution in [3.63, 3.8) is 0 Å². The van der Waals surface area contributed by atoms with Crippen LogP contribution in [0.4, 0.5) is 5.69 Å². The molecule has 0 amide bonds. The van der Waals surface area contributed by atoms with E-state index in [1.54, 1.807) is 42.5 Å². The summed E-state index contributed by atoms with van der Waals surface area (Å²) in [5, 5.41) is 10.8. The fourth-order valence-electron chi connectivity index (χ4n) is 1.78. The van der Waals surface area contributed by atoms with Crippen LogP contribution in [-0.2, 0) is 6.42 Å². The van der Waals surface area contributed by atoms with Gasteiger partial charge in [-0.25, -0.2) is 0 Å². The molecule has 2 aromatic rings. The first-order valence-electron chi connectivity index (χ1n) is 5.83. The normalized spacial score (nSPS) is 10.1. The Morgan fingerprint density at radius 1 is 1.05 bits per heavy atom. The Bertz CT molecular complexity index is 593. The molecule has 1 radical (unpaired) electrons. The molecule has 2 rings (SSSR count). The van der Waals surface area contributed by atoms with E-state index in [4.69, 9.17) is 0 Å². The predicted octanol–water partition coefficient (Wildman–Crippen LogP) is 3.22. The molecule has 0 atom stereocenters. The highest BCUT2D eigenvalue weighted by molar-refractivity contribution is 6.02. The number of nitro benzene ring substituents is 1. The van der Waals surface area contributed by atoms with Crippen molar-refractivity contribution >= 4 is 11.5 Å². The van der Waals surface area contributed by atoms with Gasteiger partial charge in [0.15, 0.2) is 5.78 Å². The van der Waals surface area contributed by atoms with Crippen LogP contribution in [0, 0.1) is 16.5 Å². The van der Waals surface area contributed by atoms with Crippen molar-refractivity contribution in [3.8, 4) is 0 Å². The lowest BCUT2D eigenvalue weighted by atomic mass is 10.0. The van der Waals surface area contributed by atoms with Crippen molar-refractivity contribution in [1.82, 2.24) is 0 Å². The third-order valence-corrected chi connectivity index (χ3v) is 2.75. The Morgan fingerprint density at radius 2 is 1.68 bits per heavy atom. The summed E-state index contributed by atoms with van der Waals surface area (Å²) in [6.45, 7) is 0. The van der Waals surface area contributed by atoms with Crippen molar-refractivity contribution in [3.05, 3.63) is 82.3 Å². The number of nitro groups is 1. The van der Waals surface area contributed by atoms with Gasteiger partial charge in [-0.1, -0.05) is 48.5 Å². The van der Waals surface area contributed by atoms with E-state index in [-0.39, 0.29) is 17.9 Å². The van der Waals surface area contributed by atoms with Crippen LogP contribution in [0.5, 0.6) is 0 Å². The molecular formula is C15H12NO3. The summed E-state index contributed by atoms with van der Waals surface area (Å²) in [7, 11) is 0. The molecule has 0 fully saturated rings. The second kappa shape index (κ2) is 5.91. The van der Waals surface area contributed by atoms with Crippen molar-refractivity contribution in [2.75, 3.05) is 0 Å². The number of carbonyl (C=O) groups is 1. The Kier molecular flexibility index (Phi) is 4.03. The fourth-order valence-corrected chi connectivity index (χ4v) is 1.78. The summed E-state index contributed by atoms with van der Waals surface area (Å²) in [5.41, 5.74) is 1.16. The zero-order valence-electron chi connectivity index (χ0n) is 10.2. The van der Waals surface area contributed by atoms with Crippen LogP contribution in [0.25, 0.3) is 0 Å². The zero-order chi connectivity index (χ0) is 13.7. The standard InChI is InChI=1S/C15H12NO3/c17-15(13-7-2-1-3-8-13)11-10-12-6-4-5-9-14(12)16(18)19/h1-9,11H,10H2. The van der Waals surface area contributed by atoms with Gasteiger partial charge in [-0.05, 0) is 6.42 Å². The number of para-hydroxylation sites is 1. The molecule has 95 valence electrons. The van der Waals surface area contributed by atoms with Crippen LogP contribution in [0.1, 0.15) is 15.9 Å². The minimum atomic E-state index is -0.434. The summed E-state index contributed by atoms with van der Waals surface area (Å²) in [5.74, 6) is -0.126. The Balaban J connectivity index is 2.07. The molecule has 0 aliphatic carbocycles. The van der Waals surface area contributed by atoms with Crippen LogP contribution < -0.4 is 0 Å². The third kappa shape index (κ3) is 3.25. The number of carbonyl (C=O) groups excluding carboxylic acids is 1. The van der Waals surface area contributed by atoms with E-state index in [9.17, 15) is 14.9 Å². The number of rotatable bonds is 5. The quantitative estimate of drug-likeness (QED) is 0.467. The highest BCUT2D eigenvalue weighted by atomic mass is 16.6. The fraction of sp³-hybridized carbons (Fsp3) is 0.0667. The van der Waals surface area contributed by atoms with E-state index in [0.29, 0.717) is 11.1 Å². The van der Waals surface area contributed by atoms with E-state index in [0.717, 1.165) is 0 Å². The molecule has 4 heteroatoms. The molecule has 0 N–H and O–H groups in total. The maximum Gasteiger partial charge on any atom is 0.272 e. The largest absolute Gasteiger partial charge is 0.294 e. The molecular weight excluding hydrogens is 242 g/mol. The summed E-state index contributed by atoms with van der Waals surface area (Å²) in [6, 6.07) is 15.3. The zero-order valence-corrected chi connectivity index (χ0v) is 10.2. The molecule has 0 saturated heterocycles. The lowest BCUT2D eigenvalue weighted by Gasteiger charge is -2.02. The third-order valence-electron chi connectivity index (χ3n) is 2.75. The monoisotopic (exact) mass is 254 g/mol. The smallest absolute Gasteiger partial charge is 0.272 e. The molecule has 0 aromatic heterocycles. The van der Waals surface area contributed by atoms with Crippen LogP contribution in [0.3, 0.4) is 0 Å². The molecule has 0 spiro atoms. The minimum Gasteiger partial charge on any atom is -0.294 e. The van der Waals surface area contributed by atoms with Gasteiger partial charge in [0.05, 0.1) is 4.92 Å². The lowest BCUT2D eigenvalue weighted by Crippen LogP contribution is -2.03. The minimum absolute atomic E-state index is 0.0413. The van der Waals surface area contributed by atoms with E-state index in [2.05, 4.69) is 0 Å². The second-order valence-electron chi connectivity index (χ2n) is 4.02. The summed E-state index contributed by atoms with van der Waals surface area (Å²) >= 11 is 0. The molecule has 0 heterocycles. The SMILES string of the molecule is O=C([CH]Cc1ccccc1[N+](=O)[O-])c1ccccc1. The first kappa shape index (κ1) is 13.0. The van der Waals surface area contributed by atoms with Gasteiger partial charge in [0.2, 0.25) is 0 Å². The molecule has 0 saturated carbocycles. The second-order valence-corrected chi connectivity index (χ2v) is 4.02. The molecule has 0 aliphatic heterocycles. The molecule has 4 nitrogen and oxygen atoms in total. The molecule has 2 aromatic carbocycles. The number of Topliss-reactive ketones (excluding diaryl/α,β-unsaturated/α-hetero) is 1.